The van der Waals surface area contributed by atoms with Crippen LogP contribution in [0.5, 0.6) is 5.75 Å². The molecule has 1 saturated heterocycles. The molecule has 1 aromatic heterocycles. The summed E-state index contributed by atoms with van der Waals surface area (Å²) in [6.07, 6.45) is -8.03. The third-order valence-electron chi connectivity index (χ3n) is 5.92. The maximum Gasteiger partial charge on any atom is 0.380 e. The molecule has 0 bridgehead atoms. The minimum absolute atomic E-state index is 0.127. The van der Waals surface area contributed by atoms with Gasteiger partial charge >= 0.3 is 19.3 Å². The van der Waals surface area contributed by atoms with E-state index < -0.39 is 86.0 Å². The van der Waals surface area contributed by atoms with Gasteiger partial charge in [0.1, 0.15) is 24.6 Å². The number of nitrogens with zero attached hydrogens (tertiary/aromatic N) is 2. The van der Waals surface area contributed by atoms with Gasteiger partial charge in [0.05, 0.1) is 30.5 Å². The van der Waals surface area contributed by atoms with E-state index in [1.54, 1.807) is 32.0 Å². The van der Waals surface area contributed by atoms with E-state index in [4.69, 9.17) is 24.3 Å². The summed E-state index contributed by atoms with van der Waals surface area (Å²) < 4.78 is 79.8. The van der Waals surface area contributed by atoms with Gasteiger partial charge in [-0.25, -0.2) is 22.5 Å². The molecule has 2 heterocycles. The van der Waals surface area contributed by atoms with Crippen LogP contribution in [0.4, 0.5) is 19.0 Å². The molecule has 1 aliphatic heterocycles. The number of nitrogens with two attached hydrogens (primary N) is 1. The van der Waals surface area contributed by atoms with Gasteiger partial charge in [0.2, 0.25) is 5.67 Å². The SMILES string of the molecule is CC(C)OC(=O)[C@H](C)C[P@@](=O)(Oc1ccccc1)O[C@H](C)[C@H]1O[C@@H](n2cc(F)c(N)nc2=O)C(F)(CF)[C@H]1O. The van der Waals surface area contributed by atoms with Crippen LogP contribution in [0.15, 0.2) is 41.3 Å². The molecule has 11 nitrogen and oxygen atoms in total. The molecule has 1 aromatic carbocycles. The van der Waals surface area contributed by atoms with Gasteiger partial charge in [-0.1, -0.05) is 25.1 Å². The summed E-state index contributed by atoms with van der Waals surface area (Å²) in [6, 6.07) is 7.86. The first-order valence-corrected chi connectivity index (χ1v) is 13.8. The fourth-order valence-corrected chi connectivity index (χ4v) is 6.10. The predicted octanol–water partition coefficient (Wildman–Crippen LogP) is 3.17. The van der Waals surface area contributed by atoms with Crippen molar-refractivity contribution in [3.63, 3.8) is 0 Å². The van der Waals surface area contributed by atoms with E-state index in [9.17, 15) is 28.0 Å². The van der Waals surface area contributed by atoms with Crippen LogP contribution >= 0.6 is 7.60 Å². The summed E-state index contributed by atoms with van der Waals surface area (Å²) in [6.45, 7) is 4.14. The Morgan fingerprint density at radius 3 is 2.51 bits per heavy atom. The van der Waals surface area contributed by atoms with E-state index in [0.717, 1.165) is 0 Å². The number of aromatic nitrogens is 2. The highest BCUT2D eigenvalue weighted by atomic mass is 31.2. The number of alkyl halides is 2. The third-order valence-corrected chi connectivity index (χ3v) is 8.06. The van der Waals surface area contributed by atoms with Crippen LogP contribution in [0.2, 0.25) is 0 Å². The first kappa shape index (κ1) is 30.6. The number of hydrogen-bond donors (Lipinski definition) is 2. The van der Waals surface area contributed by atoms with Crippen LogP contribution in [0.25, 0.3) is 0 Å². The molecule has 2 aromatic rings. The van der Waals surface area contributed by atoms with Gasteiger partial charge in [0, 0.05) is 0 Å². The zero-order valence-corrected chi connectivity index (χ0v) is 22.6. The largest absolute Gasteiger partial charge is 0.463 e. The molecule has 0 amide bonds. The van der Waals surface area contributed by atoms with Crippen molar-refractivity contribution in [3.05, 3.63) is 52.8 Å². The molecule has 0 spiro atoms. The van der Waals surface area contributed by atoms with Gasteiger partial charge < -0.3 is 24.8 Å². The Morgan fingerprint density at radius 1 is 1.28 bits per heavy atom. The molecule has 1 aliphatic rings. The molecule has 7 atom stereocenters. The van der Waals surface area contributed by atoms with Crippen molar-refractivity contribution in [2.24, 2.45) is 5.92 Å². The molecule has 1 fully saturated rings. The number of aliphatic hydroxyl groups is 1. The first-order chi connectivity index (χ1) is 18.2. The van der Waals surface area contributed by atoms with E-state index >= 15 is 4.39 Å². The number of carbonyl (C=O) groups excluding carboxylic acids is 1. The normalized spacial score (nSPS) is 26.1. The Kier molecular flexibility index (Phi) is 9.47. The number of halogens is 3. The van der Waals surface area contributed by atoms with E-state index in [-0.39, 0.29) is 5.75 Å². The second kappa shape index (κ2) is 12.1. The first-order valence-electron chi connectivity index (χ1n) is 12.1. The third kappa shape index (κ3) is 6.81. The van der Waals surface area contributed by atoms with Crippen molar-refractivity contribution >= 4 is 19.4 Å². The van der Waals surface area contributed by atoms with Gasteiger partial charge in [-0.05, 0) is 32.9 Å². The molecule has 15 heteroatoms. The average molecular weight is 577 g/mol. The lowest BCUT2D eigenvalue weighted by atomic mass is 9.95. The minimum atomic E-state index is -4.26. The fraction of sp³-hybridized carbons (Fsp3) is 0.542. The minimum Gasteiger partial charge on any atom is -0.463 e. The molecule has 39 heavy (non-hydrogen) atoms. The van der Waals surface area contributed by atoms with E-state index in [0.29, 0.717) is 10.8 Å². The van der Waals surface area contributed by atoms with Crippen molar-refractivity contribution in [2.75, 3.05) is 18.6 Å². The van der Waals surface area contributed by atoms with Gasteiger partial charge in [0.15, 0.2) is 17.9 Å². The molecule has 3 rings (SSSR count). The van der Waals surface area contributed by atoms with Gasteiger partial charge in [-0.3, -0.25) is 13.9 Å². The lowest BCUT2D eigenvalue weighted by Gasteiger charge is -2.29. The smallest absolute Gasteiger partial charge is 0.380 e. The summed E-state index contributed by atoms with van der Waals surface area (Å²) in [4.78, 5) is 27.9. The molecule has 0 saturated carbocycles. The molecule has 1 unspecified atom stereocenters. The fourth-order valence-electron chi connectivity index (χ4n) is 4.01. The van der Waals surface area contributed by atoms with Gasteiger partial charge in [-0.2, -0.15) is 4.98 Å². The topological polar surface area (TPSA) is 152 Å². The van der Waals surface area contributed by atoms with Crippen LogP contribution in [0.1, 0.15) is 33.9 Å². The Labute approximate surface area is 222 Å². The van der Waals surface area contributed by atoms with E-state index in [2.05, 4.69) is 4.98 Å². The van der Waals surface area contributed by atoms with Crippen molar-refractivity contribution < 1.29 is 46.2 Å². The maximum absolute atomic E-state index is 15.7. The average Bonchev–Trinajstić information content (AvgIpc) is 3.12. The van der Waals surface area contributed by atoms with Crippen LogP contribution in [-0.4, -0.2) is 63.5 Å². The van der Waals surface area contributed by atoms with Crippen molar-refractivity contribution in [3.8, 4) is 5.75 Å². The predicted molar refractivity (Wildman–Crippen MR) is 133 cm³/mol. The molecule has 0 radical (unpaired) electrons. The Hall–Kier alpha value is -2.93. The van der Waals surface area contributed by atoms with Gasteiger partial charge in [-0.15, -0.1) is 0 Å². The van der Waals surface area contributed by atoms with Crippen molar-refractivity contribution in [1.82, 2.24) is 9.55 Å². The zero-order valence-electron chi connectivity index (χ0n) is 21.7. The van der Waals surface area contributed by atoms with Crippen LogP contribution in [0.3, 0.4) is 0 Å². The number of ether oxygens (including phenoxy) is 2. The summed E-state index contributed by atoms with van der Waals surface area (Å²) in [5.41, 5.74) is 0.757. The van der Waals surface area contributed by atoms with E-state index in [1.165, 1.54) is 26.0 Å². The molecule has 216 valence electrons. The maximum atomic E-state index is 15.7. The number of rotatable bonds is 11. The Bertz CT molecular complexity index is 1270. The molecule has 3 N–H and O–H groups in total. The number of carbonyl (C=O) groups is 1. The number of esters is 1. The summed E-state index contributed by atoms with van der Waals surface area (Å²) >= 11 is 0. The quantitative estimate of drug-likeness (QED) is 0.301. The number of benzene rings is 1. The highest BCUT2D eigenvalue weighted by Crippen LogP contribution is 2.53. The zero-order chi connectivity index (χ0) is 29.1. The Balaban J connectivity index is 1.91. The van der Waals surface area contributed by atoms with Crippen LogP contribution < -0.4 is 15.9 Å². The van der Waals surface area contributed by atoms with E-state index in [1.807, 2.05) is 0 Å². The molecular weight excluding hydrogens is 546 g/mol. The number of nitrogen functional groups attached to an aromatic ring is 1. The summed E-state index contributed by atoms with van der Waals surface area (Å²) in [5.74, 6) is -3.49. The second-order valence-corrected chi connectivity index (χ2v) is 11.5. The summed E-state index contributed by atoms with van der Waals surface area (Å²) in [7, 11) is -4.26. The monoisotopic (exact) mass is 577 g/mol. The standard InChI is InChI=1S/C24H31F3N3O8P/c1-13(2)35-21(32)14(3)11-39(34,38-16-8-6-5-7-9-16)37-15(4)18-19(31)24(27,12-25)22(36-18)30-10-17(26)20(28)29-23(30)33/h5-10,13-15,18-19,22,31H,11-12H2,1-4H3,(H2,28,29,33)/t14-,15-,18-,19+,22-,24?,39+/m1/s1. The number of anilines is 1. The number of para-hydroxylation sites is 1. The summed E-state index contributed by atoms with van der Waals surface area (Å²) in [5, 5.41) is 10.7. The second-order valence-electron chi connectivity index (χ2n) is 9.52. The molecular formula is C24H31F3N3O8P. The van der Waals surface area contributed by atoms with Gasteiger partial charge in [0.25, 0.3) is 0 Å². The van der Waals surface area contributed by atoms with Crippen LogP contribution in [-0.2, 0) is 23.4 Å². The highest BCUT2D eigenvalue weighted by molar-refractivity contribution is 7.54. The lowest BCUT2D eigenvalue weighted by Crippen LogP contribution is -2.48. The Morgan fingerprint density at radius 2 is 1.92 bits per heavy atom. The van der Waals surface area contributed by atoms with Crippen molar-refractivity contribution in [2.45, 2.75) is 64.0 Å². The van der Waals surface area contributed by atoms with Crippen molar-refractivity contribution in [1.29, 1.82) is 0 Å². The lowest BCUT2D eigenvalue weighted by molar-refractivity contribution is -0.151. The molecule has 0 aliphatic carbocycles. The number of hydrogen-bond acceptors (Lipinski definition) is 10. The number of aliphatic hydroxyl groups excluding tert-OH is 1. The highest BCUT2D eigenvalue weighted by Gasteiger charge is 2.61. The van der Waals surface area contributed by atoms with Crippen LogP contribution in [0, 0.1) is 11.7 Å².